The van der Waals surface area contributed by atoms with E-state index in [1.165, 1.54) is 4.31 Å². The molecule has 242 valence electrons. The summed E-state index contributed by atoms with van der Waals surface area (Å²) in [5.41, 5.74) is 1.64. The maximum atomic E-state index is 13.4. The normalized spacial score (nSPS) is 26.2. The third kappa shape index (κ3) is 6.72. The molecule has 0 aromatic heterocycles. The number of hydrogen-bond donors (Lipinski definition) is 2. The number of anilines is 1. The van der Waals surface area contributed by atoms with Gasteiger partial charge in [0.15, 0.2) is 0 Å². The second-order valence-corrected chi connectivity index (χ2v) is 16.2. The van der Waals surface area contributed by atoms with Crippen molar-refractivity contribution in [3.8, 4) is 0 Å². The summed E-state index contributed by atoms with van der Waals surface area (Å²) in [6.07, 6.45) is 5.40. The van der Waals surface area contributed by atoms with Crippen LogP contribution in [0.4, 0.5) is 10.5 Å². The number of nitrogens with one attached hydrogen (secondary N) is 2. The Labute approximate surface area is 261 Å². The number of carbonyl (C=O) groups is 3. The van der Waals surface area contributed by atoms with Crippen LogP contribution in [0.2, 0.25) is 0 Å². The van der Waals surface area contributed by atoms with E-state index in [1.54, 1.807) is 12.1 Å². The Balaban J connectivity index is 1.20. The van der Waals surface area contributed by atoms with Gasteiger partial charge in [-0.15, -0.1) is 0 Å². The number of benzene rings is 1. The van der Waals surface area contributed by atoms with E-state index >= 15 is 0 Å². The van der Waals surface area contributed by atoms with Crippen LogP contribution in [0, 0.1) is 25.7 Å². The van der Waals surface area contributed by atoms with Crippen LogP contribution >= 0.6 is 0 Å². The molecule has 1 aromatic rings. The first-order valence-corrected chi connectivity index (χ1v) is 17.5. The van der Waals surface area contributed by atoms with Crippen molar-refractivity contribution in [3.63, 3.8) is 0 Å². The van der Waals surface area contributed by atoms with Gasteiger partial charge in [0, 0.05) is 19.0 Å². The summed E-state index contributed by atoms with van der Waals surface area (Å²) in [5.74, 6) is 1.26. The number of hydrogen-bond acceptors (Lipinski definition) is 7. The molecule has 2 saturated heterocycles. The second-order valence-electron chi connectivity index (χ2n) is 14.1. The molecule has 0 bridgehead atoms. The van der Waals surface area contributed by atoms with Crippen LogP contribution in [0.15, 0.2) is 17.1 Å². The summed E-state index contributed by atoms with van der Waals surface area (Å²) in [5, 5.41) is 5.74. The highest BCUT2D eigenvalue weighted by molar-refractivity contribution is 7.89. The molecular formula is C32H47N5O6S. The number of ether oxygens (including phenoxy) is 1. The molecule has 1 spiro atoms. The molecule has 1 aliphatic carbocycles. The Kier molecular flexibility index (Phi) is 9.00. The topological polar surface area (TPSA) is 137 Å². The first-order valence-electron chi connectivity index (χ1n) is 15.9. The molecule has 44 heavy (non-hydrogen) atoms. The fourth-order valence-corrected chi connectivity index (χ4v) is 8.28. The van der Waals surface area contributed by atoms with Crippen LogP contribution in [-0.4, -0.2) is 79.0 Å². The number of sulfonamides is 1. The van der Waals surface area contributed by atoms with Crippen molar-refractivity contribution in [1.29, 1.82) is 0 Å². The number of rotatable bonds is 8. The van der Waals surface area contributed by atoms with Gasteiger partial charge in [0.25, 0.3) is 11.8 Å². The zero-order chi connectivity index (χ0) is 32.0. The second kappa shape index (κ2) is 12.2. The molecule has 1 unspecified atom stereocenters. The lowest BCUT2D eigenvalue weighted by molar-refractivity contribution is -0.125. The average molecular weight is 630 g/mol. The maximum Gasteiger partial charge on any atom is 0.329 e. The van der Waals surface area contributed by atoms with Crippen LogP contribution in [0.1, 0.15) is 82.9 Å². The molecule has 1 atom stereocenters. The standard InChI is InChI=1S/C32H47N5O6S/c1-20-7-9-23(10-8-20)27-34-29(39)32(35-27)12-14-36(15-13-32)44(41,42)16-11-25-21(2)17-24(18-22(25)3)37-28(38)26(33-30(37)40)19-43-31(4,5)6/h17-18,20,23,26H,7-16,19H2,1-6H3,(H,33,40)(H,34,35,39). The van der Waals surface area contributed by atoms with Gasteiger partial charge in [0.2, 0.25) is 10.0 Å². The maximum absolute atomic E-state index is 13.4. The van der Waals surface area contributed by atoms with Gasteiger partial charge < -0.3 is 15.4 Å². The number of urea groups is 1. The lowest BCUT2D eigenvalue weighted by atomic mass is 9.82. The Hall–Kier alpha value is -2.83. The molecule has 3 fully saturated rings. The Morgan fingerprint density at radius 3 is 2.23 bits per heavy atom. The van der Waals surface area contributed by atoms with E-state index in [0.29, 0.717) is 30.9 Å². The number of piperidine rings is 1. The van der Waals surface area contributed by atoms with Gasteiger partial charge in [-0.25, -0.2) is 22.4 Å². The van der Waals surface area contributed by atoms with Gasteiger partial charge in [-0.05, 0) is 101 Å². The molecule has 4 aliphatic rings. The predicted octanol–water partition coefficient (Wildman–Crippen LogP) is 3.60. The van der Waals surface area contributed by atoms with E-state index in [9.17, 15) is 22.8 Å². The molecule has 11 nitrogen and oxygen atoms in total. The molecule has 3 aliphatic heterocycles. The fraction of sp³-hybridized carbons (Fsp3) is 0.688. The number of amides is 4. The van der Waals surface area contributed by atoms with E-state index in [2.05, 4.69) is 17.6 Å². The molecular weight excluding hydrogens is 582 g/mol. The summed E-state index contributed by atoms with van der Waals surface area (Å²) in [7, 11) is -3.58. The molecule has 1 saturated carbocycles. The van der Waals surface area contributed by atoms with Crippen LogP contribution in [0.5, 0.6) is 0 Å². The molecule has 2 N–H and O–H groups in total. The Morgan fingerprint density at radius 2 is 1.64 bits per heavy atom. The van der Waals surface area contributed by atoms with Crippen molar-refractivity contribution in [1.82, 2.24) is 14.9 Å². The number of aryl methyl sites for hydroxylation is 2. The minimum absolute atomic E-state index is 0.0721. The van der Waals surface area contributed by atoms with E-state index in [0.717, 1.165) is 53.1 Å². The smallest absolute Gasteiger partial charge is 0.329 e. The molecule has 5 rings (SSSR count). The van der Waals surface area contributed by atoms with Crippen molar-refractivity contribution in [3.05, 3.63) is 28.8 Å². The van der Waals surface area contributed by atoms with E-state index in [4.69, 9.17) is 9.73 Å². The van der Waals surface area contributed by atoms with Crippen molar-refractivity contribution in [2.75, 3.05) is 30.3 Å². The van der Waals surface area contributed by atoms with Gasteiger partial charge >= 0.3 is 6.03 Å². The van der Waals surface area contributed by atoms with Crippen LogP contribution in [0.3, 0.4) is 0 Å². The molecule has 1 aromatic carbocycles. The highest BCUT2D eigenvalue weighted by Crippen LogP contribution is 2.36. The summed E-state index contributed by atoms with van der Waals surface area (Å²) >= 11 is 0. The number of carbonyl (C=O) groups excluding carboxylic acids is 3. The lowest BCUT2D eigenvalue weighted by Crippen LogP contribution is -2.51. The monoisotopic (exact) mass is 629 g/mol. The van der Waals surface area contributed by atoms with Crippen LogP contribution in [0.25, 0.3) is 0 Å². The van der Waals surface area contributed by atoms with Gasteiger partial charge in [-0.2, -0.15) is 0 Å². The van der Waals surface area contributed by atoms with E-state index in [1.807, 2.05) is 34.6 Å². The minimum atomic E-state index is -3.58. The SMILES string of the molecule is Cc1cc(N2C(=O)NC(COC(C)(C)C)C2=O)cc(C)c1CCS(=O)(=O)N1CCC2(CC1)N=C(C1CCC(C)CC1)NC2=O. The van der Waals surface area contributed by atoms with Crippen LogP contribution in [-0.2, 0) is 30.8 Å². The third-order valence-electron chi connectivity index (χ3n) is 9.60. The quantitative estimate of drug-likeness (QED) is 0.422. The van der Waals surface area contributed by atoms with Gasteiger partial charge in [-0.1, -0.05) is 19.8 Å². The molecule has 0 radical (unpaired) electrons. The zero-order valence-corrected chi connectivity index (χ0v) is 27.7. The van der Waals surface area contributed by atoms with Gasteiger partial charge in [-0.3, -0.25) is 14.6 Å². The first-order chi connectivity index (χ1) is 20.6. The summed E-state index contributed by atoms with van der Waals surface area (Å²) in [6.45, 7) is 12.2. The van der Waals surface area contributed by atoms with Crippen molar-refractivity contribution < 1.29 is 27.5 Å². The van der Waals surface area contributed by atoms with Crippen molar-refractivity contribution in [2.45, 2.75) is 104 Å². The van der Waals surface area contributed by atoms with Crippen molar-refractivity contribution >= 4 is 39.4 Å². The first kappa shape index (κ1) is 32.6. The third-order valence-corrected chi connectivity index (χ3v) is 11.5. The fourth-order valence-electron chi connectivity index (χ4n) is 6.82. The average Bonchev–Trinajstić information content (AvgIpc) is 3.41. The number of nitrogens with zero attached hydrogens (tertiary/aromatic N) is 3. The van der Waals surface area contributed by atoms with E-state index in [-0.39, 0.29) is 43.2 Å². The predicted molar refractivity (Wildman–Crippen MR) is 169 cm³/mol. The highest BCUT2D eigenvalue weighted by Gasteiger charge is 2.48. The van der Waals surface area contributed by atoms with Crippen molar-refractivity contribution in [2.24, 2.45) is 16.8 Å². The largest absolute Gasteiger partial charge is 0.373 e. The summed E-state index contributed by atoms with van der Waals surface area (Å²) in [6, 6.07) is 2.24. The van der Waals surface area contributed by atoms with Gasteiger partial charge in [0.1, 0.15) is 17.4 Å². The lowest BCUT2D eigenvalue weighted by Gasteiger charge is -2.34. The molecule has 12 heteroatoms. The Bertz CT molecular complexity index is 1430. The molecule has 3 heterocycles. The minimum Gasteiger partial charge on any atom is -0.373 e. The summed E-state index contributed by atoms with van der Waals surface area (Å²) in [4.78, 5) is 44.8. The van der Waals surface area contributed by atoms with Crippen LogP contribution < -0.4 is 15.5 Å². The zero-order valence-electron chi connectivity index (χ0n) is 26.9. The Morgan fingerprint density at radius 1 is 1.02 bits per heavy atom. The molecule has 4 amide bonds. The van der Waals surface area contributed by atoms with E-state index < -0.39 is 33.2 Å². The number of aliphatic imine (C=N–C) groups is 1. The van der Waals surface area contributed by atoms with Gasteiger partial charge in [0.05, 0.1) is 23.6 Å². The highest BCUT2D eigenvalue weighted by atomic mass is 32.2. The number of amidine groups is 1. The summed E-state index contributed by atoms with van der Waals surface area (Å²) < 4.78 is 34.0. The number of imide groups is 1.